The number of nitrogens with one attached hydrogen (secondary N) is 1. The zero-order chi connectivity index (χ0) is 14.9. The van der Waals surface area contributed by atoms with E-state index >= 15 is 0 Å². The summed E-state index contributed by atoms with van der Waals surface area (Å²) in [5.74, 6) is 0.693. The maximum Gasteiger partial charge on any atom is 0.246 e. The minimum Gasteiger partial charge on any atom is -0.494 e. The van der Waals surface area contributed by atoms with Crippen LogP contribution in [-0.4, -0.2) is 23.0 Å². The molecule has 1 aliphatic rings. The highest BCUT2D eigenvalue weighted by molar-refractivity contribution is 7.14. The van der Waals surface area contributed by atoms with E-state index in [-0.39, 0.29) is 5.91 Å². The van der Waals surface area contributed by atoms with Crippen molar-refractivity contribution in [2.45, 2.75) is 25.3 Å². The molecule has 5 nitrogen and oxygen atoms in total. The van der Waals surface area contributed by atoms with Crippen LogP contribution in [0.5, 0.6) is 5.75 Å². The van der Waals surface area contributed by atoms with Gasteiger partial charge in [-0.05, 0) is 44.0 Å². The Kier molecular flexibility index (Phi) is 3.65. The number of anilines is 1. The van der Waals surface area contributed by atoms with E-state index in [1.807, 2.05) is 36.6 Å². The standard InChI is InChI=1S/C15H17N3O2S/c1-2-20-11-5-3-10(4-6-11)12-9-21-14(17-12)18-13(19)15(16)7-8-15/h3-6,9H,2,7-8,16H2,1H3,(H,17,18,19). The van der Waals surface area contributed by atoms with E-state index < -0.39 is 5.54 Å². The Morgan fingerprint density at radius 3 is 2.76 bits per heavy atom. The molecular formula is C15H17N3O2S. The maximum absolute atomic E-state index is 11.9. The molecule has 1 saturated carbocycles. The lowest BCUT2D eigenvalue weighted by Gasteiger charge is -2.06. The first kappa shape index (κ1) is 14.0. The summed E-state index contributed by atoms with van der Waals surface area (Å²) in [5.41, 5.74) is 7.00. The van der Waals surface area contributed by atoms with Gasteiger partial charge >= 0.3 is 0 Å². The minimum atomic E-state index is -0.676. The third-order valence-electron chi connectivity index (χ3n) is 3.43. The molecule has 3 N–H and O–H groups in total. The summed E-state index contributed by atoms with van der Waals surface area (Å²) in [5, 5.41) is 5.29. The average molecular weight is 303 g/mol. The number of thiazole rings is 1. The van der Waals surface area contributed by atoms with Crippen LogP contribution >= 0.6 is 11.3 Å². The van der Waals surface area contributed by atoms with Gasteiger partial charge in [-0.2, -0.15) is 0 Å². The molecular weight excluding hydrogens is 286 g/mol. The van der Waals surface area contributed by atoms with Gasteiger partial charge in [-0.1, -0.05) is 0 Å². The van der Waals surface area contributed by atoms with Gasteiger partial charge in [-0.15, -0.1) is 11.3 Å². The van der Waals surface area contributed by atoms with Crippen molar-refractivity contribution < 1.29 is 9.53 Å². The lowest BCUT2D eigenvalue weighted by molar-refractivity contribution is -0.118. The second kappa shape index (κ2) is 5.46. The van der Waals surface area contributed by atoms with Gasteiger partial charge in [0.1, 0.15) is 5.75 Å². The van der Waals surface area contributed by atoms with Crippen molar-refractivity contribution >= 4 is 22.4 Å². The highest BCUT2D eigenvalue weighted by atomic mass is 32.1. The van der Waals surface area contributed by atoms with Crippen molar-refractivity contribution in [3.63, 3.8) is 0 Å². The summed E-state index contributed by atoms with van der Waals surface area (Å²) in [6, 6.07) is 7.74. The van der Waals surface area contributed by atoms with E-state index in [2.05, 4.69) is 10.3 Å². The molecule has 0 unspecified atom stereocenters. The van der Waals surface area contributed by atoms with Gasteiger partial charge in [0, 0.05) is 10.9 Å². The van der Waals surface area contributed by atoms with E-state index in [1.54, 1.807) is 0 Å². The predicted octanol–water partition coefficient (Wildman–Crippen LogP) is 2.64. The number of amides is 1. The van der Waals surface area contributed by atoms with Crippen LogP contribution in [0.2, 0.25) is 0 Å². The molecule has 0 bridgehead atoms. The van der Waals surface area contributed by atoms with Gasteiger partial charge < -0.3 is 15.8 Å². The van der Waals surface area contributed by atoms with Gasteiger partial charge in [-0.3, -0.25) is 4.79 Å². The largest absolute Gasteiger partial charge is 0.494 e. The predicted molar refractivity (Wildman–Crippen MR) is 83.5 cm³/mol. The Balaban J connectivity index is 1.70. The van der Waals surface area contributed by atoms with Gasteiger partial charge in [0.25, 0.3) is 0 Å². The molecule has 21 heavy (non-hydrogen) atoms. The van der Waals surface area contributed by atoms with Gasteiger partial charge in [0.05, 0.1) is 17.8 Å². The summed E-state index contributed by atoms with van der Waals surface area (Å²) in [4.78, 5) is 16.3. The number of hydrogen-bond acceptors (Lipinski definition) is 5. The summed E-state index contributed by atoms with van der Waals surface area (Å²) in [6.07, 6.45) is 1.49. The third kappa shape index (κ3) is 3.06. The summed E-state index contributed by atoms with van der Waals surface area (Å²) < 4.78 is 5.41. The highest BCUT2D eigenvalue weighted by Crippen LogP contribution is 2.34. The minimum absolute atomic E-state index is 0.143. The Hall–Kier alpha value is -1.92. The van der Waals surface area contributed by atoms with Crippen molar-refractivity contribution in [3.05, 3.63) is 29.6 Å². The second-order valence-electron chi connectivity index (χ2n) is 5.11. The molecule has 1 aromatic heterocycles. The fourth-order valence-corrected chi connectivity index (χ4v) is 2.65. The fourth-order valence-electron chi connectivity index (χ4n) is 1.94. The van der Waals surface area contributed by atoms with E-state index in [0.717, 1.165) is 29.8 Å². The molecule has 0 spiro atoms. The summed E-state index contributed by atoms with van der Waals surface area (Å²) in [7, 11) is 0. The molecule has 1 amide bonds. The topological polar surface area (TPSA) is 77.2 Å². The zero-order valence-electron chi connectivity index (χ0n) is 11.8. The van der Waals surface area contributed by atoms with Gasteiger partial charge in [-0.25, -0.2) is 4.98 Å². The van der Waals surface area contributed by atoms with Crippen LogP contribution in [0.15, 0.2) is 29.6 Å². The number of carbonyl (C=O) groups is 1. The van der Waals surface area contributed by atoms with Crippen LogP contribution in [0.25, 0.3) is 11.3 Å². The van der Waals surface area contributed by atoms with Crippen LogP contribution in [0.1, 0.15) is 19.8 Å². The molecule has 6 heteroatoms. The Morgan fingerprint density at radius 2 is 2.14 bits per heavy atom. The lowest BCUT2D eigenvalue weighted by atomic mass is 10.2. The highest BCUT2D eigenvalue weighted by Gasteiger charge is 2.46. The number of nitrogens with two attached hydrogens (primary N) is 1. The lowest BCUT2D eigenvalue weighted by Crippen LogP contribution is -2.37. The van der Waals surface area contributed by atoms with Crippen LogP contribution < -0.4 is 15.8 Å². The number of hydrogen-bond donors (Lipinski definition) is 2. The molecule has 0 saturated heterocycles. The molecule has 1 fully saturated rings. The van der Waals surface area contributed by atoms with Gasteiger partial charge in [0.15, 0.2) is 5.13 Å². The number of nitrogens with zero attached hydrogens (tertiary/aromatic N) is 1. The third-order valence-corrected chi connectivity index (χ3v) is 4.18. The smallest absolute Gasteiger partial charge is 0.246 e. The first-order valence-electron chi connectivity index (χ1n) is 6.90. The first-order chi connectivity index (χ1) is 10.1. The number of ether oxygens (including phenoxy) is 1. The quantitative estimate of drug-likeness (QED) is 0.890. The van der Waals surface area contributed by atoms with Crippen molar-refractivity contribution in [2.75, 3.05) is 11.9 Å². The summed E-state index contributed by atoms with van der Waals surface area (Å²) in [6.45, 7) is 2.60. The van der Waals surface area contributed by atoms with Crippen LogP contribution in [0.3, 0.4) is 0 Å². The Labute approximate surface area is 127 Å². The number of carbonyl (C=O) groups excluding carboxylic acids is 1. The molecule has 0 aliphatic heterocycles. The van der Waals surface area contributed by atoms with Crippen molar-refractivity contribution in [2.24, 2.45) is 5.73 Å². The zero-order valence-corrected chi connectivity index (χ0v) is 12.6. The number of rotatable bonds is 5. The van der Waals surface area contributed by atoms with E-state index in [0.29, 0.717) is 11.7 Å². The molecule has 2 aromatic rings. The monoisotopic (exact) mass is 303 g/mol. The van der Waals surface area contributed by atoms with Crippen LogP contribution in [-0.2, 0) is 4.79 Å². The number of aromatic nitrogens is 1. The molecule has 1 aliphatic carbocycles. The molecule has 0 radical (unpaired) electrons. The molecule has 1 aromatic carbocycles. The molecule has 110 valence electrons. The van der Waals surface area contributed by atoms with Gasteiger partial charge in [0.2, 0.25) is 5.91 Å². The van der Waals surface area contributed by atoms with Crippen molar-refractivity contribution in [1.29, 1.82) is 0 Å². The van der Waals surface area contributed by atoms with E-state index in [1.165, 1.54) is 11.3 Å². The van der Waals surface area contributed by atoms with Crippen LogP contribution in [0.4, 0.5) is 5.13 Å². The van der Waals surface area contributed by atoms with Crippen LogP contribution in [0, 0.1) is 0 Å². The number of benzene rings is 1. The normalized spacial score (nSPS) is 15.5. The Morgan fingerprint density at radius 1 is 1.43 bits per heavy atom. The molecule has 0 atom stereocenters. The fraction of sp³-hybridized carbons (Fsp3) is 0.333. The Bertz CT molecular complexity index is 647. The van der Waals surface area contributed by atoms with E-state index in [9.17, 15) is 4.79 Å². The van der Waals surface area contributed by atoms with Crippen molar-refractivity contribution in [3.8, 4) is 17.0 Å². The van der Waals surface area contributed by atoms with Crippen molar-refractivity contribution in [1.82, 2.24) is 4.98 Å². The van der Waals surface area contributed by atoms with E-state index in [4.69, 9.17) is 10.5 Å². The first-order valence-corrected chi connectivity index (χ1v) is 7.78. The maximum atomic E-state index is 11.9. The molecule has 1 heterocycles. The molecule has 3 rings (SSSR count). The second-order valence-corrected chi connectivity index (χ2v) is 5.96. The average Bonchev–Trinajstić information content (AvgIpc) is 3.07. The summed E-state index contributed by atoms with van der Waals surface area (Å²) >= 11 is 1.40. The SMILES string of the molecule is CCOc1ccc(-c2csc(NC(=O)C3(N)CC3)n2)cc1.